The lowest BCUT2D eigenvalue weighted by atomic mass is 10.2. The predicted octanol–water partition coefficient (Wildman–Crippen LogP) is 2.11. The van der Waals surface area contributed by atoms with Crippen LogP contribution in [0.25, 0.3) is 5.69 Å². The Morgan fingerprint density at radius 2 is 2.09 bits per heavy atom. The van der Waals surface area contributed by atoms with Crippen LogP contribution in [0.15, 0.2) is 34.1 Å². The molecule has 2 bridgehead atoms. The maximum Gasteiger partial charge on any atom is 0.416 e. The Kier molecular flexibility index (Phi) is 2.41. The van der Waals surface area contributed by atoms with Crippen molar-refractivity contribution in [1.82, 2.24) is 9.13 Å². The monoisotopic (exact) mass is 309 g/mol. The molecule has 0 saturated carbocycles. The van der Waals surface area contributed by atoms with Gasteiger partial charge in [-0.25, -0.2) is 9.36 Å². The number of aromatic nitrogens is 2. The van der Waals surface area contributed by atoms with Gasteiger partial charge in [0.2, 0.25) is 5.88 Å². The molecule has 1 aromatic carbocycles. The maximum absolute atomic E-state index is 12.8. The number of alkyl halides is 3. The van der Waals surface area contributed by atoms with Gasteiger partial charge in [0.25, 0.3) is 0 Å². The number of rotatable bonds is 1. The van der Waals surface area contributed by atoms with Crippen molar-refractivity contribution in [3.63, 3.8) is 0 Å². The lowest BCUT2D eigenvalue weighted by Gasteiger charge is -2.09. The molecule has 0 saturated heterocycles. The van der Waals surface area contributed by atoms with Gasteiger partial charge in [0.05, 0.1) is 29.5 Å². The van der Waals surface area contributed by atoms with Gasteiger partial charge in [0.15, 0.2) is 0 Å². The van der Waals surface area contributed by atoms with E-state index < -0.39 is 17.4 Å². The first kappa shape index (κ1) is 13.2. The Labute approximate surface area is 121 Å². The van der Waals surface area contributed by atoms with Crippen molar-refractivity contribution in [1.29, 1.82) is 0 Å². The van der Waals surface area contributed by atoms with Crippen molar-refractivity contribution < 1.29 is 18.3 Å². The molecule has 114 valence electrons. The first-order valence-corrected chi connectivity index (χ1v) is 6.65. The van der Waals surface area contributed by atoms with Crippen LogP contribution < -0.4 is 5.69 Å². The summed E-state index contributed by atoms with van der Waals surface area (Å²) in [6.45, 7) is 0.467. The molecular weight excluding hydrogens is 299 g/mol. The summed E-state index contributed by atoms with van der Waals surface area (Å²) in [5, 5.41) is 10.3. The van der Waals surface area contributed by atoms with Gasteiger partial charge in [-0.15, -0.1) is 0 Å². The molecule has 2 aliphatic rings. The van der Waals surface area contributed by atoms with E-state index in [1.807, 2.05) is 0 Å². The smallest absolute Gasteiger partial charge is 0.416 e. The second-order valence-corrected chi connectivity index (χ2v) is 5.35. The molecule has 0 fully saturated rings. The van der Waals surface area contributed by atoms with Crippen molar-refractivity contribution in [3.05, 3.63) is 46.0 Å². The predicted molar refractivity (Wildman–Crippen MR) is 71.8 cm³/mol. The molecule has 0 aliphatic carbocycles. The van der Waals surface area contributed by atoms with E-state index in [2.05, 4.69) is 4.99 Å². The quantitative estimate of drug-likeness (QED) is 0.877. The normalized spacial score (nSPS) is 19.4. The van der Waals surface area contributed by atoms with Crippen molar-refractivity contribution >= 4 is 5.71 Å². The van der Waals surface area contributed by atoms with Crippen LogP contribution in [0.5, 0.6) is 5.88 Å². The van der Waals surface area contributed by atoms with Gasteiger partial charge >= 0.3 is 11.9 Å². The van der Waals surface area contributed by atoms with Crippen molar-refractivity contribution in [3.8, 4) is 11.6 Å². The number of imidazole rings is 1. The summed E-state index contributed by atoms with van der Waals surface area (Å²) in [5.41, 5.74) is -0.479. The molecule has 0 radical (unpaired) electrons. The highest BCUT2D eigenvalue weighted by Gasteiger charge is 2.39. The lowest BCUT2D eigenvalue weighted by molar-refractivity contribution is -0.137. The zero-order chi connectivity index (χ0) is 15.6. The Hall–Kier alpha value is -2.51. The fourth-order valence-electron chi connectivity index (χ4n) is 3.08. The number of aromatic hydroxyl groups is 1. The van der Waals surface area contributed by atoms with Gasteiger partial charge in [-0.1, -0.05) is 6.07 Å². The van der Waals surface area contributed by atoms with E-state index in [4.69, 9.17) is 0 Å². The summed E-state index contributed by atoms with van der Waals surface area (Å²) in [4.78, 5) is 16.7. The highest BCUT2D eigenvalue weighted by molar-refractivity contribution is 6.04. The highest BCUT2D eigenvalue weighted by Crippen LogP contribution is 2.37. The number of hydrogen-bond acceptors (Lipinski definition) is 3. The zero-order valence-electron chi connectivity index (χ0n) is 11.1. The summed E-state index contributed by atoms with van der Waals surface area (Å²) in [6.07, 6.45) is -3.93. The van der Waals surface area contributed by atoms with Crippen LogP contribution in [0.3, 0.4) is 0 Å². The fraction of sp³-hybridized carbons (Fsp3) is 0.286. The van der Waals surface area contributed by atoms with E-state index in [-0.39, 0.29) is 17.6 Å². The van der Waals surface area contributed by atoms with E-state index in [1.165, 1.54) is 16.7 Å². The Morgan fingerprint density at radius 1 is 1.32 bits per heavy atom. The Balaban J connectivity index is 1.93. The summed E-state index contributed by atoms with van der Waals surface area (Å²) in [6, 6.07) is 4.19. The van der Waals surface area contributed by atoms with E-state index in [1.54, 1.807) is 0 Å². The van der Waals surface area contributed by atoms with Crippen LogP contribution in [-0.4, -0.2) is 26.5 Å². The second kappa shape index (κ2) is 4.02. The molecule has 1 aromatic heterocycles. The molecule has 4 rings (SSSR count). The molecular formula is C14H10F3N3O2. The third kappa shape index (κ3) is 1.60. The number of nitrogens with zero attached hydrogens (tertiary/aromatic N) is 3. The third-order valence-electron chi connectivity index (χ3n) is 4.05. The van der Waals surface area contributed by atoms with E-state index in [9.17, 15) is 23.1 Å². The van der Waals surface area contributed by atoms with Crippen LogP contribution in [-0.2, 0) is 6.18 Å². The standard InChI is InChI=1S/C14H10F3N3O2/c15-14(16,17)7-2-1-3-8(4-7)20-12(21)11-10-5-9(6-18-10)19(11)13(20)22/h1-4,9,21H,5-6H2. The third-order valence-corrected chi connectivity index (χ3v) is 4.05. The molecule has 1 unspecified atom stereocenters. The molecule has 2 aliphatic heterocycles. The van der Waals surface area contributed by atoms with Gasteiger partial charge < -0.3 is 5.11 Å². The first-order chi connectivity index (χ1) is 10.4. The van der Waals surface area contributed by atoms with Crippen molar-refractivity contribution in [2.45, 2.75) is 18.6 Å². The van der Waals surface area contributed by atoms with E-state index in [0.717, 1.165) is 16.7 Å². The first-order valence-electron chi connectivity index (χ1n) is 6.65. The van der Waals surface area contributed by atoms with Gasteiger partial charge in [-0.05, 0) is 18.2 Å². The van der Waals surface area contributed by atoms with Crippen molar-refractivity contribution in [2.75, 3.05) is 6.54 Å². The Morgan fingerprint density at radius 3 is 2.77 bits per heavy atom. The SMILES string of the molecule is O=c1n(-c2cccc(C(F)(F)F)c2)c(O)c2n1C1CN=C2C1. The van der Waals surface area contributed by atoms with Crippen LogP contribution >= 0.6 is 0 Å². The van der Waals surface area contributed by atoms with E-state index >= 15 is 0 Å². The molecule has 2 aromatic rings. The van der Waals surface area contributed by atoms with Gasteiger partial charge in [0, 0.05) is 6.42 Å². The van der Waals surface area contributed by atoms with Gasteiger partial charge in [0.1, 0.15) is 5.69 Å². The number of aliphatic imine (C=N–C) groups is 1. The minimum atomic E-state index is -4.51. The molecule has 5 nitrogen and oxygen atoms in total. The van der Waals surface area contributed by atoms with Gasteiger partial charge in [-0.2, -0.15) is 13.2 Å². The number of hydrogen-bond donors (Lipinski definition) is 1. The second-order valence-electron chi connectivity index (χ2n) is 5.35. The summed E-state index contributed by atoms with van der Waals surface area (Å²) in [7, 11) is 0. The van der Waals surface area contributed by atoms with Crippen LogP contribution in [0, 0.1) is 0 Å². The average molecular weight is 309 g/mol. The molecule has 0 spiro atoms. The van der Waals surface area contributed by atoms with Crippen LogP contribution in [0.1, 0.15) is 23.7 Å². The maximum atomic E-state index is 12.8. The number of halogens is 3. The molecule has 8 heteroatoms. The molecule has 1 atom stereocenters. The number of fused-ring (bicyclic) bond motifs is 5. The molecule has 0 amide bonds. The topological polar surface area (TPSA) is 59.5 Å². The fourth-order valence-corrected chi connectivity index (χ4v) is 3.08. The van der Waals surface area contributed by atoms with E-state index in [0.29, 0.717) is 24.4 Å². The summed E-state index contributed by atoms with van der Waals surface area (Å²) < 4.78 is 40.7. The summed E-state index contributed by atoms with van der Waals surface area (Å²) in [5.74, 6) is -0.356. The molecule has 1 N–H and O–H groups in total. The molecule has 3 heterocycles. The minimum absolute atomic E-state index is 0.0146. The largest absolute Gasteiger partial charge is 0.493 e. The van der Waals surface area contributed by atoms with Crippen LogP contribution in [0.2, 0.25) is 0 Å². The van der Waals surface area contributed by atoms with Crippen molar-refractivity contribution in [2.24, 2.45) is 4.99 Å². The highest BCUT2D eigenvalue weighted by atomic mass is 19.4. The zero-order valence-corrected chi connectivity index (χ0v) is 11.1. The van der Waals surface area contributed by atoms with Crippen LogP contribution in [0.4, 0.5) is 13.2 Å². The summed E-state index contributed by atoms with van der Waals surface area (Å²) >= 11 is 0. The minimum Gasteiger partial charge on any atom is -0.493 e. The lowest BCUT2D eigenvalue weighted by Crippen LogP contribution is -2.26. The van der Waals surface area contributed by atoms with Gasteiger partial charge in [-0.3, -0.25) is 9.56 Å². The Bertz CT molecular complexity index is 876. The average Bonchev–Trinajstić information content (AvgIpc) is 3.12. The number of benzene rings is 1. The molecule has 22 heavy (non-hydrogen) atoms.